The van der Waals surface area contributed by atoms with Gasteiger partial charge in [0, 0.05) is 37.1 Å². The van der Waals surface area contributed by atoms with Crippen LogP contribution in [0.1, 0.15) is 17.7 Å². The molecule has 2 aliphatic rings. The van der Waals surface area contributed by atoms with Crippen LogP contribution >= 0.6 is 0 Å². The first-order valence-corrected chi connectivity index (χ1v) is 7.35. The lowest BCUT2D eigenvalue weighted by atomic mass is 10.0. The predicted molar refractivity (Wildman–Crippen MR) is 78.5 cm³/mol. The third kappa shape index (κ3) is 2.34. The zero-order valence-electron chi connectivity index (χ0n) is 11.8. The maximum absolute atomic E-state index is 5.77. The lowest BCUT2D eigenvalue weighted by Gasteiger charge is -2.19. The SMILES string of the molecule is c1nc2c(c(-c3ccc4c(c3)OCCCO4)n1)CNCC2. The topological polar surface area (TPSA) is 56.3 Å². The molecule has 4 rings (SSSR count). The highest BCUT2D eigenvalue weighted by Crippen LogP contribution is 2.35. The summed E-state index contributed by atoms with van der Waals surface area (Å²) in [6.45, 7) is 3.20. The van der Waals surface area contributed by atoms with E-state index in [0.29, 0.717) is 13.2 Å². The Morgan fingerprint density at radius 3 is 2.90 bits per heavy atom. The molecule has 1 aromatic carbocycles. The Labute approximate surface area is 123 Å². The van der Waals surface area contributed by atoms with Crippen molar-refractivity contribution < 1.29 is 9.47 Å². The van der Waals surface area contributed by atoms with Gasteiger partial charge in [-0.3, -0.25) is 0 Å². The van der Waals surface area contributed by atoms with E-state index in [9.17, 15) is 0 Å². The van der Waals surface area contributed by atoms with Crippen LogP contribution < -0.4 is 14.8 Å². The molecule has 1 aromatic heterocycles. The van der Waals surface area contributed by atoms with Crippen molar-refractivity contribution in [1.82, 2.24) is 15.3 Å². The van der Waals surface area contributed by atoms with Gasteiger partial charge < -0.3 is 14.8 Å². The van der Waals surface area contributed by atoms with Crippen LogP contribution in [-0.4, -0.2) is 29.7 Å². The number of benzene rings is 1. The Morgan fingerprint density at radius 1 is 1.05 bits per heavy atom. The molecule has 0 aliphatic carbocycles. The lowest BCUT2D eigenvalue weighted by Crippen LogP contribution is -2.25. The van der Waals surface area contributed by atoms with Gasteiger partial charge in [0.2, 0.25) is 0 Å². The van der Waals surface area contributed by atoms with E-state index in [-0.39, 0.29) is 0 Å². The van der Waals surface area contributed by atoms with Gasteiger partial charge in [0.05, 0.1) is 24.6 Å². The number of aromatic nitrogens is 2. The Hall–Kier alpha value is -2.14. The molecule has 0 fully saturated rings. The van der Waals surface area contributed by atoms with Crippen LogP contribution in [0.5, 0.6) is 11.5 Å². The number of ether oxygens (including phenoxy) is 2. The van der Waals surface area contributed by atoms with Crippen molar-refractivity contribution in [2.75, 3.05) is 19.8 Å². The molecule has 0 atom stereocenters. The first kappa shape index (κ1) is 12.6. The maximum atomic E-state index is 5.77. The Bertz CT molecular complexity index is 673. The summed E-state index contributed by atoms with van der Waals surface area (Å²) in [5.74, 6) is 1.62. The number of rotatable bonds is 1. The highest BCUT2D eigenvalue weighted by Gasteiger charge is 2.18. The summed E-state index contributed by atoms with van der Waals surface area (Å²) in [6.07, 6.45) is 3.52. The summed E-state index contributed by atoms with van der Waals surface area (Å²) in [5.41, 5.74) is 4.38. The van der Waals surface area contributed by atoms with Crippen LogP contribution in [0.15, 0.2) is 24.5 Å². The zero-order chi connectivity index (χ0) is 14.1. The molecule has 2 aromatic rings. The Kier molecular flexibility index (Phi) is 3.20. The molecule has 21 heavy (non-hydrogen) atoms. The highest BCUT2D eigenvalue weighted by molar-refractivity contribution is 5.67. The van der Waals surface area contributed by atoms with Gasteiger partial charge in [-0.05, 0) is 18.2 Å². The molecule has 0 radical (unpaired) electrons. The minimum absolute atomic E-state index is 0.694. The van der Waals surface area contributed by atoms with Gasteiger partial charge in [0.15, 0.2) is 11.5 Å². The van der Waals surface area contributed by atoms with Crippen LogP contribution in [0.25, 0.3) is 11.3 Å². The molecule has 108 valence electrons. The predicted octanol–water partition coefficient (Wildman–Crippen LogP) is 1.95. The number of hydrogen-bond acceptors (Lipinski definition) is 5. The lowest BCUT2D eigenvalue weighted by molar-refractivity contribution is 0.297. The van der Waals surface area contributed by atoms with Gasteiger partial charge in [-0.15, -0.1) is 0 Å². The smallest absolute Gasteiger partial charge is 0.161 e. The maximum Gasteiger partial charge on any atom is 0.161 e. The van der Waals surface area contributed by atoms with E-state index < -0.39 is 0 Å². The fourth-order valence-electron chi connectivity index (χ4n) is 2.83. The van der Waals surface area contributed by atoms with E-state index in [1.54, 1.807) is 6.33 Å². The van der Waals surface area contributed by atoms with Crippen molar-refractivity contribution in [3.63, 3.8) is 0 Å². The molecular weight excluding hydrogens is 266 g/mol. The molecule has 0 spiro atoms. The Morgan fingerprint density at radius 2 is 1.95 bits per heavy atom. The average Bonchev–Trinajstić information content (AvgIpc) is 2.79. The summed E-state index contributed by atoms with van der Waals surface area (Å²) in [5, 5.41) is 3.39. The third-order valence-electron chi connectivity index (χ3n) is 3.90. The minimum atomic E-state index is 0.694. The monoisotopic (exact) mass is 283 g/mol. The quantitative estimate of drug-likeness (QED) is 0.867. The number of nitrogens with one attached hydrogen (secondary N) is 1. The van der Waals surface area contributed by atoms with Crippen LogP contribution in [0.4, 0.5) is 0 Å². The van der Waals surface area contributed by atoms with Gasteiger partial charge >= 0.3 is 0 Å². The summed E-state index contributed by atoms with van der Waals surface area (Å²) < 4.78 is 11.5. The average molecular weight is 283 g/mol. The molecule has 1 N–H and O–H groups in total. The standard InChI is InChI=1S/C16H17N3O2/c1-6-20-14-3-2-11(8-15(14)21-7-1)16-12-9-17-5-4-13(12)18-10-19-16/h2-3,8,10,17H,1,4-7,9H2. The van der Waals surface area contributed by atoms with E-state index in [4.69, 9.17) is 9.47 Å². The largest absolute Gasteiger partial charge is 0.490 e. The first-order chi connectivity index (χ1) is 10.4. The first-order valence-electron chi connectivity index (χ1n) is 7.35. The zero-order valence-corrected chi connectivity index (χ0v) is 11.8. The minimum Gasteiger partial charge on any atom is -0.490 e. The normalized spacial score (nSPS) is 17.0. The van der Waals surface area contributed by atoms with Crippen molar-refractivity contribution in [3.05, 3.63) is 35.8 Å². The number of nitrogens with zero attached hydrogens (tertiary/aromatic N) is 2. The van der Waals surface area contributed by atoms with E-state index in [2.05, 4.69) is 15.3 Å². The molecule has 3 heterocycles. The van der Waals surface area contributed by atoms with Crippen LogP contribution in [-0.2, 0) is 13.0 Å². The summed E-state index contributed by atoms with van der Waals surface area (Å²) in [6, 6.07) is 6.04. The molecule has 0 unspecified atom stereocenters. The van der Waals surface area contributed by atoms with Crippen molar-refractivity contribution in [1.29, 1.82) is 0 Å². The van der Waals surface area contributed by atoms with Crippen LogP contribution in [0.2, 0.25) is 0 Å². The highest BCUT2D eigenvalue weighted by atomic mass is 16.5. The summed E-state index contributed by atoms with van der Waals surface area (Å²) >= 11 is 0. The number of hydrogen-bond donors (Lipinski definition) is 1. The van der Waals surface area contributed by atoms with Crippen molar-refractivity contribution in [3.8, 4) is 22.8 Å². The summed E-state index contributed by atoms with van der Waals surface area (Å²) in [7, 11) is 0. The second-order valence-electron chi connectivity index (χ2n) is 5.29. The van der Waals surface area contributed by atoms with Crippen LogP contribution in [0.3, 0.4) is 0 Å². The number of fused-ring (bicyclic) bond motifs is 2. The Balaban J connectivity index is 1.79. The molecule has 2 aliphatic heterocycles. The molecule has 5 nitrogen and oxygen atoms in total. The fraction of sp³-hybridized carbons (Fsp3) is 0.375. The van der Waals surface area contributed by atoms with E-state index in [1.165, 1.54) is 5.56 Å². The molecule has 5 heteroatoms. The summed E-state index contributed by atoms with van der Waals surface area (Å²) in [4.78, 5) is 8.89. The van der Waals surface area contributed by atoms with E-state index in [1.807, 2.05) is 18.2 Å². The second-order valence-corrected chi connectivity index (χ2v) is 5.29. The van der Waals surface area contributed by atoms with Crippen molar-refractivity contribution in [2.45, 2.75) is 19.4 Å². The van der Waals surface area contributed by atoms with Gasteiger partial charge in [-0.2, -0.15) is 0 Å². The van der Waals surface area contributed by atoms with E-state index in [0.717, 1.165) is 54.4 Å². The molecule has 0 saturated heterocycles. The van der Waals surface area contributed by atoms with Gasteiger partial charge in [-0.1, -0.05) is 0 Å². The molecular formula is C16H17N3O2. The van der Waals surface area contributed by atoms with Gasteiger partial charge in [-0.25, -0.2) is 9.97 Å². The van der Waals surface area contributed by atoms with Crippen LogP contribution in [0, 0.1) is 0 Å². The van der Waals surface area contributed by atoms with Gasteiger partial charge in [0.25, 0.3) is 0 Å². The molecule has 0 amide bonds. The molecule has 0 saturated carbocycles. The third-order valence-corrected chi connectivity index (χ3v) is 3.90. The molecule has 0 bridgehead atoms. The van der Waals surface area contributed by atoms with E-state index >= 15 is 0 Å². The second kappa shape index (κ2) is 5.33. The van der Waals surface area contributed by atoms with Crippen molar-refractivity contribution >= 4 is 0 Å². The fourth-order valence-corrected chi connectivity index (χ4v) is 2.83. The van der Waals surface area contributed by atoms with Crippen molar-refractivity contribution in [2.24, 2.45) is 0 Å². The van der Waals surface area contributed by atoms with Gasteiger partial charge in [0.1, 0.15) is 6.33 Å².